The number of hydrogen-bond donors (Lipinski definition) is 0. The highest BCUT2D eigenvalue weighted by Gasteiger charge is 2.32. The van der Waals surface area contributed by atoms with E-state index in [4.69, 9.17) is 8.83 Å². The van der Waals surface area contributed by atoms with Crippen LogP contribution in [0.5, 0.6) is 0 Å². The molecule has 4 nitrogen and oxygen atoms in total. The molecule has 0 spiro atoms. The van der Waals surface area contributed by atoms with Crippen molar-refractivity contribution in [2.24, 2.45) is 0 Å². The highest BCUT2D eigenvalue weighted by molar-refractivity contribution is 6.30. The second-order valence-electron chi connectivity index (χ2n) is 24.2. The zero-order valence-corrected chi connectivity index (χ0v) is 43.9. The van der Waals surface area contributed by atoms with E-state index in [1.807, 2.05) is 0 Å². The Hall–Kier alpha value is -7.56. The topological polar surface area (TPSA) is 32.8 Å². The van der Waals surface area contributed by atoms with E-state index in [0.29, 0.717) is 0 Å². The van der Waals surface area contributed by atoms with Crippen LogP contribution in [0.15, 0.2) is 179 Å². The summed E-state index contributed by atoms with van der Waals surface area (Å²) in [5.41, 5.74) is 14.4. The molecule has 2 heterocycles. The summed E-state index contributed by atoms with van der Waals surface area (Å²) >= 11 is 0. The van der Waals surface area contributed by atoms with Gasteiger partial charge in [-0.1, -0.05) is 204 Å². The van der Waals surface area contributed by atoms with Crippen molar-refractivity contribution in [3.8, 4) is 0 Å². The molecule has 0 atom stereocenters. The van der Waals surface area contributed by atoms with Gasteiger partial charge in [-0.2, -0.15) is 0 Å². The molecule has 0 aliphatic rings. The average Bonchev–Trinajstić information content (AvgIpc) is 3.93. The minimum Gasteiger partial charge on any atom is -0.454 e. The van der Waals surface area contributed by atoms with E-state index in [2.05, 4.69) is 263 Å². The molecule has 72 heavy (non-hydrogen) atoms. The first-order valence-electron chi connectivity index (χ1n) is 25.7. The summed E-state index contributed by atoms with van der Waals surface area (Å²) in [6.45, 7) is 27.7. The van der Waals surface area contributed by atoms with E-state index in [1.165, 1.54) is 54.6 Å². The molecule has 2 aromatic heterocycles. The first kappa shape index (κ1) is 45.6. The van der Waals surface area contributed by atoms with Crippen molar-refractivity contribution in [3.05, 3.63) is 192 Å². The van der Waals surface area contributed by atoms with Crippen molar-refractivity contribution in [1.82, 2.24) is 0 Å². The van der Waals surface area contributed by atoms with Crippen LogP contribution in [0.1, 0.15) is 105 Å². The molecule has 0 saturated heterocycles. The molecule has 12 rings (SSSR count). The lowest BCUT2D eigenvalue weighted by atomic mass is 9.77. The van der Waals surface area contributed by atoms with Gasteiger partial charge in [0, 0.05) is 54.8 Å². The smallest absolute Gasteiger partial charge is 0.159 e. The van der Waals surface area contributed by atoms with Gasteiger partial charge in [0.05, 0.1) is 22.7 Å². The van der Waals surface area contributed by atoms with E-state index in [1.54, 1.807) is 0 Å². The van der Waals surface area contributed by atoms with E-state index in [9.17, 15) is 0 Å². The van der Waals surface area contributed by atoms with Gasteiger partial charge in [-0.05, 0) is 103 Å². The van der Waals surface area contributed by atoms with Gasteiger partial charge in [0.25, 0.3) is 0 Å². The highest BCUT2D eigenvalue weighted by atomic mass is 16.3. The molecule has 0 N–H and O–H groups in total. The molecule has 0 fully saturated rings. The van der Waals surface area contributed by atoms with Gasteiger partial charge in [0.1, 0.15) is 11.2 Å². The fourth-order valence-corrected chi connectivity index (χ4v) is 11.7. The van der Waals surface area contributed by atoms with Crippen molar-refractivity contribution < 1.29 is 8.83 Å². The molecule has 0 aliphatic carbocycles. The number of anilines is 6. The molecule has 4 heteroatoms. The predicted octanol–water partition coefficient (Wildman–Crippen LogP) is 20.5. The van der Waals surface area contributed by atoms with Gasteiger partial charge < -0.3 is 18.6 Å². The normalized spacial score (nSPS) is 13.0. The average molecular weight is 941 g/mol. The molecule has 0 saturated carbocycles. The Morgan fingerprint density at radius 3 is 0.931 bits per heavy atom. The first-order chi connectivity index (χ1) is 34.3. The second kappa shape index (κ2) is 16.0. The van der Waals surface area contributed by atoms with Crippen LogP contribution in [-0.4, -0.2) is 0 Å². The van der Waals surface area contributed by atoms with Crippen molar-refractivity contribution in [2.75, 3.05) is 9.80 Å². The Labute approximate surface area is 423 Å². The summed E-state index contributed by atoms with van der Waals surface area (Å²) in [4.78, 5) is 4.91. The fraction of sp³-hybridized carbons (Fsp3) is 0.235. The van der Waals surface area contributed by atoms with Crippen LogP contribution in [0.25, 0.3) is 76.2 Å². The second-order valence-corrected chi connectivity index (χ2v) is 24.2. The van der Waals surface area contributed by atoms with Crippen LogP contribution in [0, 0.1) is 0 Å². The van der Waals surface area contributed by atoms with Gasteiger partial charge in [-0.25, -0.2) is 0 Å². The minimum absolute atomic E-state index is 0.102. The number of fused-ring (bicyclic) bond motifs is 6. The Balaban J connectivity index is 1.21. The number of furan rings is 2. The predicted molar refractivity (Wildman–Crippen MR) is 309 cm³/mol. The fourth-order valence-electron chi connectivity index (χ4n) is 11.7. The third kappa shape index (κ3) is 7.08. The largest absolute Gasteiger partial charge is 0.454 e. The minimum atomic E-state index is -0.207. The third-order valence-corrected chi connectivity index (χ3v) is 15.1. The van der Waals surface area contributed by atoms with Crippen LogP contribution >= 0.6 is 0 Å². The van der Waals surface area contributed by atoms with Crippen molar-refractivity contribution in [1.29, 1.82) is 0 Å². The SMILES string of the molecule is CC(C)(C)c1cc(N(c2ccccc2)c2cccc3c2oc2c(C(C)(C)C)cccc23)c2ccc3c(C(C)(C)C)cc(N(c4ccccc4)c4cccc5c4oc4c(C(C)(C)C)cccc45)c4ccc1c2c43. The summed E-state index contributed by atoms with van der Waals surface area (Å²) in [5, 5.41) is 11.9. The number of hydrogen-bond acceptors (Lipinski definition) is 4. The molecule has 0 bridgehead atoms. The highest BCUT2D eigenvalue weighted by Crippen LogP contribution is 2.54. The van der Waals surface area contributed by atoms with Gasteiger partial charge >= 0.3 is 0 Å². The Kier molecular flexibility index (Phi) is 10.1. The summed E-state index contributed by atoms with van der Waals surface area (Å²) < 4.78 is 14.4. The summed E-state index contributed by atoms with van der Waals surface area (Å²) in [6.07, 6.45) is 0. The molecule has 0 radical (unpaired) electrons. The van der Waals surface area contributed by atoms with Crippen molar-refractivity contribution >= 4 is 110 Å². The van der Waals surface area contributed by atoms with Crippen molar-refractivity contribution in [3.63, 3.8) is 0 Å². The van der Waals surface area contributed by atoms with Crippen LogP contribution in [0.3, 0.4) is 0 Å². The molecular formula is C68H64N2O2. The van der Waals surface area contributed by atoms with Crippen LogP contribution < -0.4 is 9.80 Å². The molecule has 0 unspecified atom stereocenters. The molecule has 12 aromatic rings. The number of benzene rings is 10. The quantitative estimate of drug-likeness (QED) is 0.156. The van der Waals surface area contributed by atoms with Gasteiger partial charge in [0.15, 0.2) is 11.2 Å². The zero-order chi connectivity index (χ0) is 50.2. The summed E-state index contributed by atoms with van der Waals surface area (Å²) in [6, 6.07) is 62.7. The first-order valence-corrected chi connectivity index (χ1v) is 25.7. The maximum Gasteiger partial charge on any atom is 0.159 e. The van der Waals surface area contributed by atoms with Crippen LogP contribution in [-0.2, 0) is 21.7 Å². The maximum absolute atomic E-state index is 7.19. The lowest BCUT2D eigenvalue weighted by Gasteiger charge is -2.33. The standard InChI is InChI=1S/C68H64N2O2/c1-65(2,3)51-31-19-27-43-45-29-21-33-55(63(45)71-61(43)51)69(41-23-15-13-16-24-41)57-39-53(67(7,8)9)47-36-38-50-58(40-54(68(10,11)12)48-35-37-49(57)59(47)60(48)50)70(42-25-17-14-18-26-42)56-34-22-30-46-44-28-20-32-52(66(4,5)6)62(44)72-64(46)56/h13-40H,1-12H3. The summed E-state index contributed by atoms with van der Waals surface area (Å²) in [7, 11) is 0. The van der Waals surface area contributed by atoms with Gasteiger partial charge in [-0.3, -0.25) is 0 Å². The molecule has 0 aliphatic heterocycles. The maximum atomic E-state index is 7.19. The lowest BCUT2D eigenvalue weighted by molar-refractivity contribution is 0.572. The Morgan fingerprint density at radius 1 is 0.264 bits per heavy atom. The molecule has 0 amide bonds. The van der Waals surface area contributed by atoms with Crippen molar-refractivity contribution in [2.45, 2.75) is 105 Å². The van der Waals surface area contributed by atoms with Gasteiger partial charge in [-0.15, -0.1) is 0 Å². The molecular weight excluding hydrogens is 877 g/mol. The molecule has 358 valence electrons. The Morgan fingerprint density at radius 2 is 0.583 bits per heavy atom. The van der Waals surface area contributed by atoms with E-state index >= 15 is 0 Å². The number of para-hydroxylation sites is 6. The Bertz CT molecular complexity index is 3800. The lowest BCUT2D eigenvalue weighted by Crippen LogP contribution is -2.17. The van der Waals surface area contributed by atoms with E-state index < -0.39 is 0 Å². The van der Waals surface area contributed by atoms with E-state index in [0.717, 1.165) is 78.0 Å². The molecule has 10 aromatic carbocycles. The third-order valence-electron chi connectivity index (χ3n) is 15.1. The van der Waals surface area contributed by atoms with Crippen LogP contribution in [0.4, 0.5) is 34.1 Å². The zero-order valence-electron chi connectivity index (χ0n) is 43.9. The monoisotopic (exact) mass is 940 g/mol. The number of nitrogens with zero attached hydrogens (tertiary/aromatic N) is 2. The van der Waals surface area contributed by atoms with Crippen LogP contribution in [0.2, 0.25) is 0 Å². The van der Waals surface area contributed by atoms with Gasteiger partial charge in [0.2, 0.25) is 0 Å². The van der Waals surface area contributed by atoms with E-state index in [-0.39, 0.29) is 21.7 Å². The number of rotatable bonds is 6. The summed E-state index contributed by atoms with van der Waals surface area (Å²) in [5.74, 6) is 0.